The molecule has 1 atom stereocenters. The zero-order valence-corrected chi connectivity index (χ0v) is 11.8. The second kappa shape index (κ2) is 5.78. The highest BCUT2D eigenvalue weighted by Gasteiger charge is 2.19. The fourth-order valence-electron chi connectivity index (χ4n) is 2.15. The quantitative estimate of drug-likeness (QED) is 0.778. The number of carboxylic acid groups (broad SMARTS) is 1. The van der Waals surface area contributed by atoms with Gasteiger partial charge < -0.3 is 16.2 Å². The molecule has 110 valence electrons. The molecule has 1 heterocycles. The number of carbonyl (C=O) groups excluding carboxylic acids is 1. The zero-order valence-electron chi connectivity index (χ0n) is 11.8. The third-order valence-corrected chi connectivity index (χ3v) is 3.24. The summed E-state index contributed by atoms with van der Waals surface area (Å²) < 4.78 is 0. The van der Waals surface area contributed by atoms with E-state index < -0.39 is 17.9 Å². The first-order chi connectivity index (χ1) is 9.90. The summed E-state index contributed by atoms with van der Waals surface area (Å²) >= 11 is 0. The molecular formula is C15H17N3O3. The number of amides is 1. The number of primary amides is 1. The van der Waals surface area contributed by atoms with Crippen molar-refractivity contribution in [1.82, 2.24) is 4.98 Å². The lowest BCUT2D eigenvalue weighted by atomic mass is 10.0. The summed E-state index contributed by atoms with van der Waals surface area (Å²) in [4.78, 5) is 26.9. The molecule has 0 bridgehead atoms. The first-order valence-corrected chi connectivity index (χ1v) is 6.59. The Morgan fingerprint density at radius 2 is 1.95 bits per heavy atom. The average molecular weight is 287 g/mol. The lowest BCUT2D eigenvalue weighted by Crippen LogP contribution is -2.39. The molecule has 0 aliphatic carbocycles. The Morgan fingerprint density at radius 1 is 1.24 bits per heavy atom. The Kier molecular flexibility index (Phi) is 4.07. The molecule has 6 nitrogen and oxygen atoms in total. The number of pyridine rings is 1. The molecule has 6 heteroatoms. The van der Waals surface area contributed by atoms with Gasteiger partial charge in [0.05, 0.1) is 11.1 Å². The van der Waals surface area contributed by atoms with Crippen molar-refractivity contribution in [2.24, 2.45) is 11.7 Å². The number of hydrogen-bond donors (Lipinski definition) is 3. The summed E-state index contributed by atoms with van der Waals surface area (Å²) in [5.41, 5.74) is 6.10. The molecule has 0 saturated carbocycles. The van der Waals surface area contributed by atoms with Crippen LogP contribution in [-0.2, 0) is 4.79 Å². The van der Waals surface area contributed by atoms with Gasteiger partial charge >= 0.3 is 5.97 Å². The zero-order chi connectivity index (χ0) is 15.6. The maximum absolute atomic E-state index is 11.4. The van der Waals surface area contributed by atoms with E-state index in [1.165, 1.54) is 6.07 Å². The van der Waals surface area contributed by atoms with Crippen LogP contribution < -0.4 is 11.1 Å². The van der Waals surface area contributed by atoms with E-state index >= 15 is 0 Å². The summed E-state index contributed by atoms with van der Waals surface area (Å²) in [7, 11) is 0. The van der Waals surface area contributed by atoms with Gasteiger partial charge in [-0.15, -0.1) is 0 Å². The number of nitrogens with two attached hydrogens (primary N) is 1. The van der Waals surface area contributed by atoms with Crippen LogP contribution in [0.5, 0.6) is 0 Å². The van der Waals surface area contributed by atoms with Gasteiger partial charge in [-0.05, 0) is 30.2 Å². The maximum atomic E-state index is 11.4. The van der Waals surface area contributed by atoms with Crippen LogP contribution in [0.3, 0.4) is 0 Å². The predicted molar refractivity (Wildman–Crippen MR) is 80.1 cm³/mol. The summed E-state index contributed by atoms with van der Waals surface area (Å²) in [5.74, 6) is -0.945. The van der Waals surface area contributed by atoms with Gasteiger partial charge in [0.25, 0.3) is 0 Å². The van der Waals surface area contributed by atoms with Crippen molar-refractivity contribution in [3.63, 3.8) is 0 Å². The topological polar surface area (TPSA) is 105 Å². The van der Waals surface area contributed by atoms with Crippen LogP contribution in [0.4, 0.5) is 5.82 Å². The number of carboxylic acids is 1. The first kappa shape index (κ1) is 14.8. The van der Waals surface area contributed by atoms with Gasteiger partial charge in [-0.25, -0.2) is 9.78 Å². The van der Waals surface area contributed by atoms with E-state index in [-0.39, 0.29) is 11.5 Å². The number of benzene rings is 1. The van der Waals surface area contributed by atoms with Crippen molar-refractivity contribution in [3.05, 3.63) is 35.9 Å². The molecule has 2 rings (SSSR count). The largest absolute Gasteiger partial charge is 0.478 e. The number of aromatic carboxylic acids is 1. The Labute approximate surface area is 122 Å². The van der Waals surface area contributed by atoms with Gasteiger partial charge in [-0.1, -0.05) is 19.9 Å². The number of carbonyl (C=O) groups is 2. The van der Waals surface area contributed by atoms with Crippen molar-refractivity contribution < 1.29 is 14.7 Å². The highest BCUT2D eigenvalue weighted by Crippen LogP contribution is 2.20. The normalized spacial score (nSPS) is 12.3. The number of anilines is 1. The van der Waals surface area contributed by atoms with E-state index in [9.17, 15) is 9.59 Å². The van der Waals surface area contributed by atoms with Crippen LogP contribution in [-0.4, -0.2) is 28.0 Å². The van der Waals surface area contributed by atoms with E-state index in [1.807, 2.05) is 13.8 Å². The molecule has 0 spiro atoms. The Hall–Kier alpha value is -2.63. The summed E-state index contributed by atoms with van der Waals surface area (Å²) in [6, 6.07) is 7.68. The number of aromatic nitrogens is 1. The summed E-state index contributed by atoms with van der Waals surface area (Å²) in [6.07, 6.45) is 0. The van der Waals surface area contributed by atoms with Crippen LogP contribution in [0.1, 0.15) is 24.2 Å². The minimum absolute atomic E-state index is 0.0188. The molecule has 0 aliphatic rings. The third-order valence-electron chi connectivity index (χ3n) is 3.24. The van der Waals surface area contributed by atoms with Gasteiger partial charge in [-0.2, -0.15) is 0 Å². The van der Waals surface area contributed by atoms with E-state index in [0.717, 1.165) is 0 Å². The highest BCUT2D eigenvalue weighted by molar-refractivity contribution is 6.02. The molecule has 21 heavy (non-hydrogen) atoms. The Bertz CT molecular complexity index is 698. The summed E-state index contributed by atoms with van der Waals surface area (Å²) in [5, 5.41) is 12.7. The van der Waals surface area contributed by atoms with E-state index in [0.29, 0.717) is 16.7 Å². The number of fused-ring (bicyclic) bond motifs is 1. The standard InChI is InChI=1S/C15H17N3O3/c1-8(2)13(14(16)19)18-12-7-6-9-10(15(20)21)4-3-5-11(9)17-12/h3-8,13H,1-2H3,(H2,16,19)(H,17,18)(H,20,21). The average Bonchev–Trinajstić information content (AvgIpc) is 2.42. The van der Waals surface area contributed by atoms with Gasteiger partial charge in [0.1, 0.15) is 11.9 Å². The Morgan fingerprint density at radius 3 is 2.52 bits per heavy atom. The highest BCUT2D eigenvalue weighted by atomic mass is 16.4. The minimum atomic E-state index is -1.000. The van der Waals surface area contributed by atoms with E-state index in [1.54, 1.807) is 24.3 Å². The van der Waals surface area contributed by atoms with E-state index in [2.05, 4.69) is 10.3 Å². The molecule has 1 unspecified atom stereocenters. The molecule has 1 aromatic heterocycles. The number of nitrogens with one attached hydrogen (secondary N) is 1. The minimum Gasteiger partial charge on any atom is -0.478 e. The molecule has 1 aromatic carbocycles. The lowest BCUT2D eigenvalue weighted by Gasteiger charge is -2.19. The second-order valence-electron chi connectivity index (χ2n) is 5.14. The molecule has 0 saturated heterocycles. The molecule has 0 aliphatic heterocycles. The molecule has 4 N–H and O–H groups in total. The molecule has 1 amide bonds. The van der Waals surface area contributed by atoms with Crippen LogP contribution in [0.2, 0.25) is 0 Å². The van der Waals surface area contributed by atoms with E-state index in [4.69, 9.17) is 10.8 Å². The van der Waals surface area contributed by atoms with Gasteiger partial charge in [0, 0.05) is 5.39 Å². The van der Waals surface area contributed by atoms with Crippen LogP contribution in [0, 0.1) is 5.92 Å². The second-order valence-corrected chi connectivity index (χ2v) is 5.14. The lowest BCUT2D eigenvalue weighted by molar-refractivity contribution is -0.119. The van der Waals surface area contributed by atoms with Crippen LogP contribution in [0.25, 0.3) is 10.9 Å². The van der Waals surface area contributed by atoms with Crippen LogP contribution in [0.15, 0.2) is 30.3 Å². The van der Waals surface area contributed by atoms with Gasteiger partial charge in [0.2, 0.25) is 5.91 Å². The van der Waals surface area contributed by atoms with Crippen molar-refractivity contribution in [1.29, 1.82) is 0 Å². The predicted octanol–water partition coefficient (Wildman–Crippen LogP) is 1.85. The van der Waals surface area contributed by atoms with Crippen molar-refractivity contribution in [2.45, 2.75) is 19.9 Å². The molecular weight excluding hydrogens is 270 g/mol. The van der Waals surface area contributed by atoms with Crippen molar-refractivity contribution in [3.8, 4) is 0 Å². The molecule has 0 fully saturated rings. The summed E-state index contributed by atoms with van der Waals surface area (Å²) in [6.45, 7) is 3.76. The third kappa shape index (κ3) is 3.10. The first-order valence-electron chi connectivity index (χ1n) is 6.59. The number of rotatable bonds is 5. The van der Waals surface area contributed by atoms with Gasteiger partial charge in [-0.3, -0.25) is 4.79 Å². The van der Waals surface area contributed by atoms with Gasteiger partial charge in [0.15, 0.2) is 0 Å². The number of nitrogens with zero attached hydrogens (tertiary/aromatic N) is 1. The fraction of sp³-hybridized carbons (Fsp3) is 0.267. The monoisotopic (exact) mass is 287 g/mol. The molecule has 2 aromatic rings. The fourth-order valence-corrected chi connectivity index (χ4v) is 2.15. The van der Waals surface area contributed by atoms with Crippen molar-refractivity contribution >= 4 is 28.6 Å². The molecule has 0 radical (unpaired) electrons. The maximum Gasteiger partial charge on any atom is 0.336 e. The Balaban J connectivity index is 2.40. The SMILES string of the molecule is CC(C)C(Nc1ccc2c(C(=O)O)cccc2n1)C(N)=O. The van der Waals surface area contributed by atoms with Crippen molar-refractivity contribution in [2.75, 3.05) is 5.32 Å². The smallest absolute Gasteiger partial charge is 0.336 e. The van der Waals surface area contributed by atoms with Crippen LogP contribution >= 0.6 is 0 Å². The number of hydrogen-bond acceptors (Lipinski definition) is 4.